The molecule has 0 radical (unpaired) electrons. The summed E-state index contributed by atoms with van der Waals surface area (Å²) < 4.78 is 0. The number of carbonyl (C=O) groups is 2. The zero-order valence-corrected chi connectivity index (χ0v) is 9.44. The van der Waals surface area contributed by atoms with E-state index < -0.39 is 24.6 Å². The molecule has 1 aromatic carbocycles. The Morgan fingerprint density at radius 3 is 2.59 bits per heavy atom. The Kier molecular flexibility index (Phi) is 4.30. The van der Waals surface area contributed by atoms with Crippen LogP contribution in [0.3, 0.4) is 0 Å². The van der Waals surface area contributed by atoms with Crippen LogP contribution in [0.2, 0.25) is 5.02 Å². The van der Waals surface area contributed by atoms with Crippen LogP contribution in [0.25, 0.3) is 0 Å². The second kappa shape index (κ2) is 5.51. The van der Waals surface area contributed by atoms with Gasteiger partial charge in [0.2, 0.25) is 5.91 Å². The number of carbonyl (C=O) groups excluding carboxylic acids is 1. The van der Waals surface area contributed by atoms with Crippen molar-refractivity contribution < 1.29 is 19.8 Å². The van der Waals surface area contributed by atoms with E-state index in [1.807, 2.05) is 0 Å². The Hall–Kier alpha value is -1.79. The van der Waals surface area contributed by atoms with Crippen LogP contribution in [-0.2, 0) is 0 Å². The lowest BCUT2D eigenvalue weighted by atomic mass is 10.0. The van der Waals surface area contributed by atoms with Crippen LogP contribution in [0.1, 0.15) is 22.0 Å². The van der Waals surface area contributed by atoms with E-state index in [1.165, 1.54) is 18.2 Å². The fraction of sp³-hybridized carbons (Fsp3) is 0.200. The van der Waals surface area contributed by atoms with Gasteiger partial charge in [-0.3, -0.25) is 4.79 Å². The third-order valence-corrected chi connectivity index (χ3v) is 2.47. The Bertz CT molecular complexity index is 450. The first-order chi connectivity index (χ1) is 7.95. The average molecular weight is 259 g/mol. The van der Waals surface area contributed by atoms with Crippen LogP contribution in [0, 0.1) is 0 Å². The van der Waals surface area contributed by atoms with E-state index in [0.717, 1.165) is 0 Å². The summed E-state index contributed by atoms with van der Waals surface area (Å²) >= 11 is 5.74. The number of nitrogens with two attached hydrogens (primary N) is 1. The molecule has 0 spiro atoms. The number of aliphatic hydroxyl groups excluding tert-OH is 1. The first-order valence-electron chi connectivity index (χ1n) is 4.65. The molecular weight excluding hydrogens is 248 g/mol. The quantitative estimate of drug-likeness (QED) is 0.638. The van der Waals surface area contributed by atoms with Crippen LogP contribution >= 0.6 is 11.6 Å². The maximum absolute atomic E-state index is 11.0. The smallest absolute Gasteiger partial charge is 0.405 e. The minimum absolute atomic E-state index is 0.0785. The highest BCUT2D eigenvalue weighted by molar-refractivity contribution is 6.33. The summed E-state index contributed by atoms with van der Waals surface area (Å²) in [6.07, 6.45) is -1.28. The molecule has 0 aliphatic carbocycles. The molecule has 0 aliphatic rings. The summed E-state index contributed by atoms with van der Waals surface area (Å²) in [5, 5.41) is 19.9. The molecule has 17 heavy (non-hydrogen) atoms. The van der Waals surface area contributed by atoms with Crippen molar-refractivity contribution in [3.8, 4) is 0 Å². The monoisotopic (exact) mass is 258 g/mol. The maximum atomic E-state index is 11.0. The third kappa shape index (κ3) is 3.33. The zero-order valence-electron chi connectivity index (χ0n) is 8.68. The molecule has 2 amide bonds. The fourth-order valence-electron chi connectivity index (χ4n) is 1.33. The Morgan fingerprint density at radius 1 is 1.47 bits per heavy atom. The van der Waals surface area contributed by atoms with Crippen molar-refractivity contribution in [3.63, 3.8) is 0 Å². The van der Waals surface area contributed by atoms with Gasteiger partial charge in [-0.15, -0.1) is 0 Å². The molecule has 6 nitrogen and oxygen atoms in total. The van der Waals surface area contributed by atoms with Gasteiger partial charge < -0.3 is 21.3 Å². The van der Waals surface area contributed by atoms with Crippen molar-refractivity contribution in [1.82, 2.24) is 5.32 Å². The van der Waals surface area contributed by atoms with E-state index >= 15 is 0 Å². The molecule has 0 saturated carbocycles. The number of aliphatic hydroxyl groups is 1. The highest BCUT2D eigenvalue weighted by Gasteiger charge is 2.16. The normalized spacial score (nSPS) is 11.9. The second-order valence-electron chi connectivity index (χ2n) is 3.29. The lowest BCUT2D eigenvalue weighted by Crippen LogP contribution is -2.29. The van der Waals surface area contributed by atoms with E-state index in [1.54, 1.807) is 0 Å². The van der Waals surface area contributed by atoms with E-state index in [9.17, 15) is 9.59 Å². The molecular formula is C10H11ClN2O4. The predicted octanol–water partition coefficient (Wildman–Crippen LogP) is 0.740. The van der Waals surface area contributed by atoms with Gasteiger partial charge >= 0.3 is 6.09 Å². The number of hydrogen-bond acceptors (Lipinski definition) is 3. The number of hydrogen-bond donors (Lipinski definition) is 4. The largest absolute Gasteiger partial charge is 0.465 e. The van der Waals surface area contributed by atoms with Crippen molar-refractivity contribution in [2.45, 2.75) is 6.04 Å². The summed E-state index contributed by atoms with van der Waals surface area (Å²) in [6.45, 7) is -0.438. The summed E-state index contributed by atoms with van der Waals surface area (Å²) in [5.41, 5.74) is 5.59. The van der Waals surface area contributed by atoms with Gasteiger partial charge in [0.05, 0.1) is 23.2 Å². The summed E-state index contributed by atoms with van der Waals surface area (Å²) in [6, 6.07) is 3.44. The number of rotatable bonds is 4. The fourth-order valence-corrected chi connectivity index (χ4v) is 1.54. The van der Waals surface area contributed by atoms with Gasteiger partial charge in [-0.05, 0) is 17.7 Å². The highest BCUT2D eigenvalue weighted by Crippen LogP contribution is 2.21. The first-order valence-corrected chi connectivity index (χ1v) is 5.03. The molecule has 5 N–H and O–H groups in total. The number of amides is 2. The molecule has 0 aliphatic heterocycles. The van der Waals surface area contributed by atoms with E-state index in [2.05, 4.69) is 5.32 Å². The van der Waals surface area contributed by atoms with Gasteiger partial charge in [0.15, 0.2) is 0 Å². The highest BCUT2D eigenvalue weighted by atomic mass is 35.5. The number of halogens is 1. The zero-order chi connectivity index (χ0) is 13.0. The van der Waals surface area contributed by atoms with E-state index in [0.29, 0.717) is 5.56 Å². The van der Waals surface area contributed by atoms with Gasteiger partial charge in [-0.25, -0.2) is 4.79 Å². The summed E-state index contributed by atoms with van der Waals surface area (Å²) in [5.74, 6) is -0.719. The van der Waals surface area contributed by atoms with Crippen molar-refractivity contribution in [2.75, 3.05) is 6.61 Å². The Labute approximate surface area is 102 Å². The molecule has 0 saturated heterocycles. The SMILES string of the molecule is NC(=O)c1cc([C@@H](CO)NC(=O)O)ccc1Cl. The Balaban J connectivity index is 3.08. The molecule has 7 heteroatoms. The van der Waals surface area contributed by atoms with Crippen molar-refractivity contribution >= 4 is 23.6 Å². The molecule has 0 aromatic heterocycles. The predicted molar refractivity (Wildman–Crippen MR) is 61.0 cm³/mol. The molecule has 0 bridgehead atoms. The minimum Gasteiger partial charge on any atom is -0.465 e. The number of benzene rings is 1. The standard InChI is InChI=1S/C10H11ClN2O4/c11-7-2-1-5(3-6(7)9(12)15)8(4-14)13-10(16)17/h1-3,8,13-14H,4H2,(H2,12,15)(H,16,17)/t8-/m1/s1. The molecule has 1 atom stereocenters. The van der Waals surface area contributed by atoms with E-state index in [4.69, 9.17) is 27.5 Å². The second-order valence-corrected chi connectivity index (χ2v) is 3.70. The first kappa shape index (κ1) is 13.3. The Morgan fingerprint density at radius 2 is 2.12 bits per heavy atom. The van der Waals surface area contributed by atoms with Crippen LogP contribution in [0.5, 0.6) is 0 Å². The van der Waals surface area contributed by atoms with Crippen molar-refractivity contribution in [1.29, 1.82) is 0 Å². The summed E-state index contributed by atoms with van der Waals surface area (Å²) in [7, 11) is 0. The lowest BCUT2D eigenvalue weighted by Gasteiger charge is -2.15. The van der Waals surface area contributed by atoms with Crippen LogP contribution in [0.4, 0.5) is 4.79 Å². The average Bonchev–Trinajstić information content (AvgIpc) is 2.26. The topological polar surface area (TPSA) is 113 Å². The van der Waals surface area contributed by atoms with Crippen molar-refractivity contribution in [2.24, 2.45) is 5.73 Å². The molecule has 0 unspecified atom stereocenters. The number of nitrogens with one attached hydrogen (secondary N) is 1. The molecule has 0 fully saturated rings. The maximum Gasteiger partial charge on any atom is 0.405 e. The van der Waals surface area contributed by atoms with Crippen molar-refractivity contribution in [3.05, 3.63) is 34.3 Å². The van der Waals surface area contributed by atoms with E-state index in [-0.39, 0.29) is 10.6 Å². The lowest BCUT2D eigenvalue weighted by molar-refractivity contribution is 0.1000. The van der Waals surface area contributed by atoms with Gasteiger partial charge in [-0.1, -0.05) is 17.7 Å². The molecule has 0 heterocycles. The van der Waals surface area contributed by atoms with Crippen LogP contribution in [0.15, 0.2) is 18.2 Å². The van der Waals surface area contributed by atoms with Gasteiger partial charge in [-0.2, -0.15) is 0 Å². The number of carboxylic acid groups (broad SMARTS) is 1. The molecule has 1 aromatic rings. The minimum atomic E-state index is -1.28. The number of primary amides is 1. The van der Waals surface area contributed by atoms with Crippen LogP contribution in [-0.4, -0.2) is 28.8 Å². The van der Waals surface area contributed by atoms with Gasteiger partial charge in [0.25, 0.3) is 0 Å². The van der Waals surface area contributed by atoms with Crippen LogP contribution < -0.4 is 11.1 Å². The molecule has 92 valence electrons. The summed E-state index contributed by atoms with van der Waals surface area (Å²) in [4.78, 5) is 21.5. The van der Waals surface area contributed by atoms with Gasteiger partial charge in [0, 0.05) is 0 Å². The third-order valence-electron chi connectivity index (χ3n) is 2.14. The molecule has 1 rings (SSSR count). The van der Waals surface area contributed by atoms with Gasteiger partial charge in [0.1, 0.15) is 0 Å².